The molecule has 0 saturated heterocycles. The highest BCUT2D eigenvalue weighted by Gasteiger charge is 2.18. The number of rotatable bonds is 3. The Bertz CT molecular complexity index is 575. The maximum Gasteiger partial charge on any atom is 0.364 e. The summed E-state index contributed by atoms with van der Waals surface area (Å²) in [6.45, 7) is 4.38. The third-order valence-corrected chi connectivity index (χ3v) is 2.56. The zero-order valence-electron chi connectivity index (χ0n) is 10.4. The second kappa shape index (κ2) is 4.91. The molecule has 2 aromatic rings. The molecule has 0 amide bonds. The Morgan fingerprint density at radius 3 is 2.94 bits per heavy atom. The smallest absolute Gasteiger partial charge is 0.364 e. The molecular weight excluding hydrogens is 230 g/mol. The predicted octanol–water partition coefficient (Wildman–Crippen LogP) is 2.01. The Hall–Kier alpha value is -2.30. The van der Waals surface area contributed by atoms with E-state index in [1.807, 2.05) is 26.0 Å². The van der Waals surface area contributed by atoms with Gasteiger partial charge in [-0.05, 0) is 31.5 Å². The fraction of sp³-hybridized carbons (Fsp3) is 0.231. The monoisotopic (exact) mass is 245 g/mol. The van der Waals surface area contributed by atoms with Crippen LogP contribution in [0.15, 0.2) is 30.5 Å². The first-order valence-corrected chi connectivity index (χ1v) is 5.72. The van der Waals surface area contributed by atoms with Crippen LogP contribution in [0.4, 0.5) is 5.69 Å². The van der Waals surface area contributed by atoms with Crippen molar-refractivity contribution in [3.8, 4) is 5.75 Å². The van der Waals surface area contributed by atoms with Gasteiger partial charge < -0.3 is 10.5 Å². The minimum atomic E-state index is -0.488. The Labute approximate surface area is 105 Å². The number of hydrogen-bond acceptors (Lipinski definition) is 4. The molecule has 5 heteroatoms. The van der Waals surface area contributed by atoms with Gasteiger partial charge in [-0.3, -0.25) is 4.68 Å². The molecule has 5 nitrogen and oxygen atoms in total. The first-order chi connectivity index (χ1) is 8.61. The molecule has 0 atom stereocenters. The van der Waals surface area contributed by atoms with Gasteiger partial charge in [-0.2, -0.15) is 5.10 Å². The molecule has 2 N–H and O–H groups in total. The summed E-state index contributed by atoms with van der Waals surface area (Å²) in [5.41, 5.74) is 7.36. The second-order valence-corrected chi connectivity index (χ2v) is 3.97. The molecule has 0 aliphatic rings. The first-order valence-electron chi connectivity index (χ1n) is 5.72. The Morgan fingerprint density at radius 1 is 1.50 bits per heavy atom. The number of ether oxygens (including phenoxy) is 1. The van der Waals surface area contributed by atoms with E-state index in [1.165, 1.54) is 10.9 Å². The van der Waals surface area contributed by atoms with E-state index in [0.717, 1.165) is 5.56 Å². The summed E-state index contributed by atoms with van der Waals surface area (Å²) in [5, 5.41) is 4.01. The highest BCUT2D eigenvalue weighted by molar-refractivity contribution is 5.94. The number of nitrogens with two attached hydrogens (primary N) is 1. The molecule has 0 aliphatic heterocycles. The molecule has 1 aromatic carbocycles. The molecule has 2 rings (SSSR count). The van der Waals surface area contributed by atoms with Crippen LogP contribution in [0.5, 0.6) is 5.75 Å². The van der Waals surface area contributed by atoms with Gasteiger partial charge in [0.25, 0.3) is 0 Å². The maximum atomic E-state index is 12.0. The van der Waals surface area contributed by atoms with E-state index in [9.17, 15) is 4.79 Å². The van der Waals surface area contributed by atoms with Crippen LogP contribution >= 0.6 is 0 Å². The summed E-state index contributed by atoms with van der Waals surface area (Å²) in [5.74, 6) is 0.0145. The van der Waals surface area contributed by atoms with Gasteiger partial charge in [-0.25, -0.2) is 4.79 Å². The molecule has 94 valence electrons. The van der Waals surface area contributed by atoms with Crippen LogP contribution < -0.4 is 10.5 Å². The van der Waals surface area contributed by atoms with Crippen molar-refractivity contribution < 1.29 is 9.53 Å². The van der Waals surface area contributed by atoms with E-state index in [4.69, 9.17) is 10.5 Å². The van der Waals surface area contributed by atoms with Crippen molar-refractivity contribution in [1.82, 2.24) is 9.78 Å². The van der Waals surface area contributed by atoms with Crippen LogP contribution in [0.3, 0.4) is 0 Å². The van der Waals surface area contributed by atoms with Crippen LogP contribution in [0.25, 0.3) is 0 Å². The molecule has 0 spiro atoms. The zero-order chi connectivity index (χ0) is 13.1. The van der Waals surface area contributed by atoms with Gasteiger partial charge in [0.2, 0.25) is 0 Å². The van der Waals surface area contributed by atoms with Gasteiger partial charge in [0, 0.05) is 6.54 Å². The molecule has 1 aromatic heterocycles. The Kier molecular flexibility index (Phi) is 3.32. The summed E-state index contributed by atoms with van der Waals surface area (Å²) in [7, 11) is 0. The van der Waals surface area contributed by atoms with E-state index in [1.54, 1.807) is 12.1 Å². The van der Waals surface area contributed by atoms with E-state index in [2.05, 4.69) is 5.10 Å². The third-order valence-electron chi connectivity index (χ3n) is 2.56. The van der Waals surface area contributed by atoms with Gasteiger partial charge in [-0.15, -0.1) is 0 Å². The van der Waals surface area contributed by atoms with Crippen molar-refractivity contribution in [2.45, 2.75) is 20.4 Å². The van der Waals surface area contributed by atoms with Gasteiger partial charge in [0.15, 0.2) is 5.69 Å². The SMILES string of the molecule is CCn1ncc(N)c1C(=O)Oc1cccc(C)c1. The number of hydrogen-bond donors (Lipinski definition) is 1. The molecule has 18 heavy (non-hydrogen) atoms. The summed E-state index contributed by atoms with van der Waals surface area (Å²) in [6, 6.07) is 7.29. The van der Waals surface area contributed by atoms with Crippen LogP contribution in [-0.4, -0.2) is 15.7 Å². The van der Waals surface area contributed by atoms with Crippen molar-refractivity contribution >= 4 is 11.7 Å². The number of aromatic nitrogens is 2. The standard InChI is InChI=1S/C13H15N3O2/c1-3-16-12(11(14)8-15-16)13(17)18-10-6-4-5-9(2)7-10/h4-8H,3,14H2,1-2H3. The largest absolute Gasteiger partial charge is 0.422 e. The number of nitrogens with zero attached hydrogens (tertiary/aromatic N) is 2. The van der Waals surface area contributed by atoms with Crippen LogP contribution in [0.1, 0.15) is 23.0 Å². The van der Waals surface area contributed by atoms with Gasteiger partial charge in [-0.1, -0.05) is 12.1 Å². The molecule has 1 heterocycles. The summed E-state index contributed by atoms with van der Waals surface area (Å²) < 4.78 is 6.80. The van der Waals surface area contributed by atoms with E-state index < -0.39 is 5.97 Å². The fourth-order valence-corrected chi connectivity index (χ4v) is 1.70. The number of nitrogen functional groups attached to an aromatic ring is 1. The van der Waals surface area contributed by atoms with E-state index in [-0.39, 0.29) is 0 Å². The average molecular weight is 245 g/mol. The van der Waals surface area contributed by atoms with Gasteiger partial charge in [0.1, 0.15) is 5.75 Å². The van der Waals surface area contributed by atoms with Crippen molar-refractivity contribution in [2.75, 3.05) is 5.73 Å². The van der Waals surface area contributed by atoms with Crippen LogP contribution in [0.2, 0.25) is 0 Å². The average Bonchev–Trinajstić information content (AvgIpc) is 2.70. The Balaban J connectivity index is 2.24. The lowest BCUT2D eigenvalue weighted by molar-refractivity contribution is 0.0723. The number of benzene rings is 1. The maximum absolute atomic E-state index is 12.0. The second-order valence-electron chi connectivity index (χ2n) is 3.97. The minimum Gasteiger partial charge on any atom is -0.422 e. The predicted molar refractivity (Wildman–Crippen MR) is 68.5 cm³/mol. The molecule has 0 radical (unpaired) electrons. The van der Waals surface area contributed by atoms with Gasteiger partial charge >= 0.3 is 5.97 Å². The lowest BCUT2D eigenvalue weighted by Gasteiger charge is -2.07. The number of anilines is 1. The number of aryl methyl sites for hydroxylation is 2. The number of carbonyl (C=O) groups excluding carboxylic acids is 1. The highest BCUT2D eigenvalue weighted by atomic mass is 16.5. The molecule has 0 aliphatic carbocycles. The quantitative estimate of drug-likeness (QED) is 0.663. The topological polar surface area (TPSA) is 70.1 Å². The van der Waals surface area contributed by atoms with Crippen molar-refractivity contribution in [3.05, 3.63) is 41.7 Å². The van der Waals surface area contributed by atoms with Gasteiger partial charge in [0.05, 0.1) is 11.9 Å². The van der Waals surface area contributed by atoms with Crippen molar-refractivity contribution in [2.24, 2.45) is 0 Å². The number of carbonyl (C=O) groups is 1. The fourth-order valence-electron chi connectivity index (χ4n) is 1.70. The van der Waals surface area contributed by atoms with Crippen molar-refractivity contribution in [1.29, 1.82) is 0 Å². The lowest BCUT2D eigenvalue weighted by Crippen LogP contribution is -2.16. The van der Waals surface area contributed by atoms with Crippen molar-refractivity contribution in [3.63, 3.8) is 0 Å². The number of esters is 1. The molecule has 0 unspecified atom stereocenters. The third kappa shape index (κ3) is 2.34. The minimum absolute atomic E-state index is 0.291. The zero-order valence-corrected chi connectivity index (χ0v) is 10.4. The molecule has 0 saturated carbocycles. The summed E-state index contributed by atoms with van der Waals surface area (Å²) in [4.78, 5) is 12.0. The molecular formula is C13H15N3O2. The molecule has 0 bridgehead atoms. The first kappa shape index (κ1) is 12.2. The van der Waals surface area contributed by atoms with Crippen LogP contribution in [0, 0.1) is 6.92 Å². The summed E-state index contributed by atoms with van der Waals surface area (Å²) >= 11 is 0. The summed E-state index contributed by atoms with van der Waals surface area (Å²) in [6.07, 6.45) is 1.45. The lowest BCUT2D eigenvalue weighted by atomic mass is 10.2. The highest BCUT2D eigenvalue weighted by Crippen LogP contribution is 2.17. The molecule has 0 fully saturated rings. The Morgan fingerprint density at radius 2 is 2.28 bits per heavy atom. The normalized spacial score (nSPS) is 10.3. The van der Waals surface area contributed by atoms with E-state index >= 15 is 0 Å². The van der Waals surface area contributed by atoms with E-state index in [0.29, 0.717) is 23.7 Å². The van der Waals surface area contributed by atoms with Crippen LogP contribution in [-0.2, 0) is 6.54 Å².